The molecule has 1 aromatic carbocycles. The standard InChI is InChI=1S/C22H20F3N5O3/c23-22(24,25)33-15-3-1-2-13-10-14(28-16(13)15)17-18-19(26)27-8-9-30(18)20(29-17)11-4-6-12(7-5-11)21(31)32/h1-3,8-12,28H,4-7H2,(H2,26,27)(H,31,32)/t11-,12-. The van der Waals surface area contributed by atoms with E-state index in [0.29, 0.717) is 48.0 Å². The van der Waals surface area contributed by atoms with Crippen LogP contribution in [0.15, 0.2) is 36.7 Å². The number of rotatable bonds is 4. The number of para-hydroxylation sites is 1. The molecule has 0 bridgehead atoms. The van der Waals surface area contributed by atoms with E-state index in [2.05, 4.69) is 14.7 Å². The van der Waals surface area contributed by atoms with Crippen LogP contribution < -0.4 is 10.5 Å². The van der Waals surface area contributed by atoms with Gasteiger partial charge in [0.1, 0.15) is 22.9 Å². The number of hydrogen-bond acceptors (Lipinski definition) is 5. The Bertz CT molecular complexity index is 1350. The summed E-state index contributed by atoms with van der Waals surface area (Å²) < 4.78 is 44.5. The average molecular weight is 459 g/mol. The first-order chi connectivity index (χ1) is 15.7. The summed E-state index contributed by atoms with van der Waals surface area (Å²) in [6.07, 6.45) is 0.895. The molecule has 33 heavy (non-hydrogen) atoms. The Morgan fingerprint density at radius 2 is 2.00 bits per heavy atom. The number of nitrogens with zero attached hydrogens (tertiary/aromatic N) is 3. The van der Waals surface area contributed by atoms with Crippen LogP contribution in [-0.2, 0) is 4.79 Å². The van der Waals surface area contributed by atoms with Gasteiger partial charge in [-0.2, -0.15) is 0 Å². The molecule has 0 spiro atoms. The highest BCUT2D eigenvalue weighted by Gasteiger charge is 2.33. The van der Waals surface area contributed by atoms with Crippen molar-refractivity contribution < 1.29 is 27.8 Å². The zero-order chi connectivity index (χ0) is 23.3. The quantitative estimate of drug-likeness (QED) is 0.407. The summed E-state index contributed by atoms with van der Waals surface area (Å²) in [6, 6.07) is 6.09. The number of carboxylic acids is 1. The van der Waals surface area contributed by atoms with Crippen molar-refractivity contribution in [3.8, 4) is 17.1 Å². The number of nitrogens with two attached hydrogens (primary N) is 1. The predicted molar refractivity (Wildman–Crippen MR) is 114 cm³/mol. The fraction of sp³-hybridized carbons (Fsp3) is 0.318. The lowest BCUT2D eigenvalue weighted by Crippen LogP contribution is -2.21. The minimum absolute atomic E-state index is 0.0251. The smallest absolute Gasteiger partial charge is 0.481 e. The highest BCUT2D eigenvalue weighted by molar-refractivity contribution is 5.93. The Hall–Kier alpha value is -3.76. The number of nitrogens with one attached hydrogen (secondary N) is 1. The lowest BCUT2D eigenvalue weighted by atomic mass is 9.81. The maximum Gasteiger partial charge on any atom is 0.573 e. The van der Waals surface area contributed by atoms with Crippen LogP contribution in [0.3, 0.4) is 0 Å². The monoisotopic (exact) mass is 459 g/mol. The molecule has 172 valence electrons. The number of aromatic nitrogens is 4. The number of alkyl halides is 3. The van der Waals surface area contributed by atoms with Crippen molar-refractivity contribution in [1.29, 1.82) is 0 Å². The summed E-state index contributed by atoms with van der Waals surface area (Å²) in [5, 5.41) is 9.81. The van der Waals surface area contributed by atoms with Gasteiger partial charge in [-0.3, -0.25) is 9.20 Å². The van der Waals surface area contributed by atoms with Crippen molar-refractivity contribution in [3.05, 3.63) is 42.5 Å². The summed E-state index contributed by atoms with van der Waals surface area (Å²) in [7, 11) is 0. The van der Waals surface area contributed by atoms with Gasteiger partial charge in [-0.05, 0) is 37.8 Å². The fourth-order valence-electron chi connectivity index (χ4n) is 4.63. The molecule has 4 N–H and O–H groups in total. The average Bonchev–Trinajstić information content (AvgIpc) is 3.36. The molecule has 5 rings (SSSR count). The van der Waals surface area contributed by atoms with Crippen LogP contribution in [0.4, 0.5) is 19.0 Å². The van der Waals surface area contributed by atoms with Crippen LogP contribution in [0, 0.1) is 5.92 Å². The van der Waals surface area contributed by atoms with Gasteiger partial charge in [-0.25, -0.2) is 9.97 Å². The van der Waals surface area contributed by atoms with Crippen LogP contribution >= 0.6 is 0 Å². The van der Waals surface area contributed by atoms with E-state index in [9.17, 15) is 23.1 Å². The van der Waals surface area contributed by atoms with E-state index in [-0.39, 0.29) is 28.9 Å². The molecular weight excluding hydrogens is 439 g/mol. The van der Waals surface area contributed by atoms with Crippen molar-refractivity contribution >= 4 is 28.2 Å². The minimum Gasteiger partial charge on any atom is -0.481 e. The SMILES string of the molecule is Nc1nccn2c1c(-c1cc3cccc(OC(F)(F)F)c3[nH]1)nc2[C@H]1CC[C@H](C(=O)O)CC1. The summed E-state index contributed by atoms with van der Waals surface area (Å²) in [6.45, 7) is 0. The Morgan fingerprint density at radius 1 is 1.24 bits per heavy atom. The van der Waals surface area contributed by atoms with E-state index >= 15 is 0 Å². The summed E-state index contributed by atoms with van der Waals surface area (Å²) >= 11 is 0. The molecule has 4 aromatic rings. The highest BCUT2D eigenvalue weighted by Crippen LogP contribution is 2.40. The third-order valence-electron chi connectivity index (χ3n) is 6.15. The van der Waals surface area contributed by atoms with E-state index in [4.69, 9.17) is 10.7 Å². The second-order valence-corrected chi connectivity index (χ2v) is 8.19. The molecule has 0 atom stereocenters. The Balaban J connectivity index is 1.60. The van der Waals surface area contributed by atoms with Gasteiger partial charge >= 0.3 is 12.3 Å². The second kappa shape index (κ2) is 7.68. The third kappa shape index (κ3) is 3.83. The van der Waals surface area contributed by atoms with Crippen molar-refractivity contribution in [2.24, 2.45) is 5.92 Å². The van der Waals surface area contributed by atoms with Gasteiger partial charge in [0.25, 0.3) is 0 Å². The lowest BCUT2D eigenvalue weighted by Gasteiger charge is -2.25. The summed E-state index contributed by atoms with van der Waals surface area (Å²) in [5.74, 6) is -0.505. The van der Waals surface area contributed by atoms with Crippen LogP contribution in [0.5, 0.6) is 5.75 Å². The number of carbonyl (C=O) groups is 1. The van der Waals surface area contributed by atoms with Gasteiger partial charge in [0.05, 0.1) is 17.1 Å². The third-order valence-corrected chi connectivity index (χ3v) is 6.15. The molecule has 3 heterocycles. The first-order valence-electron chi connectivity index (χ1n) is 10.4. The molecule has 0 amide bonds. The first-order valence-corrected chi connectivity index (χ1v) is 10.4. The lowest BCUT2D eigenvalue weighted by molar-refractivity contribution is -0.274. The van der Waals surface area contributed by atoms with Crippen LogP contribution in [-0.4, -0.2) is 36.8 Å². The van der Waals surface area contributed by atoms with Crippen molar-refractivity contribution in [2.45, 2.75) is 38.0 Å². The molecule has 1 fully saturated rings. The van der Waals surface area contributed by atoms with E-state index < -0.39 is 12.3 Å². The number of hydrogen-bond donors (Lipinski definition) is 3. The van der Waals surface area contributed by atoms with E-state index in [1.54, 1.807) is 24.5 Å². The highest BCUT2D eigenvalue weighted by atomic mass is 19.4. The number of imidazole rings is 1. The van der Waals surface area contributed by atoms with Crippen LogP contribution in [0.1, 0.15) is 37.4 Å². The van der Waals surface area contributed by atoms with Gasteiger partial charge in [0.2, 0.25) is 0 Å². The number of carboxylic acid groups (broad SMARTS) is 1. The second-order valence-electron chi connectivity index (χ2n) is 8.19. The largest absolute Gasteiger partial charge is 0.573 e. The molecule has 1 saturated carbocycles. The number of ether oxygens (including phenoxy) is 1. The fourth-order valence-corrected chi connectivity index (χ4v) is 4.63. The molecule has 0 unspecified atom stereocenters. The van der Waals surface area contributed by atoms with Crippen molar-refractivity contribution in [3.63, 3.8) is 0 Å². The number of anilines is 1. The van der Waals surface area contributed by atoms with Gasteiger partial charge in [-0.1, -0.05) is 12.1 Å². The maximum absolute atomic E-state index is 12.8. The van der Waals surface area contributed by atoms with E-state index in [0.717, 1.165) is 5.82 Å². The number of nitrogen functional groups attached to an aromatic ring is 1. The topological polar surface area (TPSA) is 119 Å². The predicted octanol–water partition coefficient (Wildman–Crippen LogP) is 4.72. The number of fused-ring (bicyclic) bond motifs is 2. The molecule has 1 aliphatic rings. The maximum atomic E-state index is 12.8. The molecular formula is C22H20F3N5O3. The molecule has 0 saturated heterocycles. The summed E-state index contributed by atoms with van der Waals surface area (Å²) in [4.78, 5) is 23.3. The molecule has 0 aliphatic heterocycles. The zero-order valence-electron chi connectivity index (χ0n) is 17.3. The Labute approximate surface area is 185 Å². The minimum atomic E-state index is -4.82. The van der Waals surface area contributed by atoms with Crippen LogP contribution in [0.2, 0.25) is 0 Å². The Kier molecular flexibility index (Phi) is 4.91. The van der Waals surface area contributed by atoms with E-state index in [1.807, 2.05) is 4.40 Å². The number of aromatic amines is 1. The van der Waals surface area contributed by atoms with Gasteiger partial charge in [0.15, 0.2) is 5.75 Å². The van der Waals surface area contributed by atoms with Crippen LogP contribution in [0.25, 0.3) is 27.8 Å². The van der Waals surface area contributed by atoms with Crippen molar-refractivity contribution in [2.75, 3.05) is 5.73 Å². The normalized spacial score (nSPS) is 19.2. The molecule has 0 radical (unpaired) electrons. The number of benzene rings is 1. The molecule has 3 aromatic heterocycles. The van der Waals surface area contributed by atoms with E-state index in [1.165, 1.54) is 12.1 Å². The zero-order valence-corrected chi connectivity index (χ0v) is 17.3. The van der Waals surface area contributed by atoms with Gasteiger partial charge < -0.3 is 20.6 Å². The molecule has 1 aliphatic carbocycles. The number of H-pyrrole nitrogens is 1. The summed E-state index contributed by atoms with van der Waals surface area (Å²) in [5.41, 5.74) is 7.84. The first kappa shape index (κ1) is 21.1. The number of aliphatic carboxylic acids is 1. The van der Waals surface area contributed by atoms with Crippen molar-refractivity contribution in [1.82, 2.24) is 19.4 Å². The molecule has 11 heteroatoms. The Morgan fingerprint density at radius 3 is 2.70 bits per heavy atom. The van der Waals surface area contributed by atoms with Gasteiger partial charge in [0, 0.05) is 23.7 Å². The molecule has 8 nitrogen and oxygen atoms in total. The number of halogens is 3. The van der Waals surface area contributed by atoms with Gasteiger partial charge in [-0.15, -0.1) is 13.2 Å².